The zero-order chi connectivity index (χ0) is 15.3. The van der Waals surface area contributed by atoms with Gasteiger partial charge >= 0.3 is 0 Å². The molecule has 0 aliphatic heterocycles. The third-order valence-electron chi connectivity index (χ3n) is 2.93. The van der Waals surface area contributed by atoms with Crippen LogP contribution < -0.4 is 4.72 Å². The Hall–Kier alpha value is -1.43. The summed E-state index contributed by atoms with van der Waals surface area (Å²) >= 11 is 3.38. The van der Waals surface area contributed by atoms with Crippen molar-refractivity contribution in [3.8, 4) is 0 Å². The highest BCUT2D eigenvalue weighted by Crippen LogP contribution is 2.18. The van der Waals surface area contributed by atoms with E-state index in [1.165, 1.54) is 5.41 Å². The van der Waals surface area contributed by atoms with Crippen molar-refractivity contribution in [3.63, 3.8) is 0 Å². The summed E-state index contributed by atoms with van der Waals surface area (Å²) in [6, 6.07) is 16.6. The molecular formula is C16H16BrNO2S. The van der Waals surface area contributed by atoms with Gasteiger partial charge in [-0.1, -0.05) is 58.4 Å². The van der Waals surface area contributed by atoms with Gasteiger partial charge in [0, 0.05) is 15.9 Å². The maximum Gasteiger partial charge on any atom is 0.234 e. The first-order chi connectivity index (χ1) is 9.96. The van der Waals surface area contributed by atoms with Gasteiger partial charge in [-0.25, -0.2) is 13.1 Å². The van der Waals surface area contributed by atoms with Crippen molar-refractivity contribution in [1.82, 2.24) is 4.72 Å². The minimum absolute atomic E-state index is 0.298. The van der Waals surface area contributed by atoms with Gasteiger partial charge in [0.05, 0.1) is 0 Å². The lowest BCUT2D eigenvalue weighted by Crippen LogP contribution is -2.24. The van der Waals surface area contributed by atoms with Gasteiger partial charge in [-0.3, -0.25) is 0 Å². The van der Waals surface area contributed by atoms with E-state index in [9.17, 15) is 8.42 Å². The van der Waals surface area contributed by atoms with Gasteiger partial charge in [0.2, 0.25) is 10.0 Å². The molecule has 2 aromatic carbocycles. The van der Waals surface area contributed by atoms with Crippen molar-refractivity contribution in [3.05, 3.63) is 75.6 Å². The average molecular weight is 366 g/mol. The zero-order valence-electron chi connectivity index (χ0n) is 11.5. The first kappa shape index (κ1) is 15.9. The van der Waals surface area contributed by atoms with Gasteiger partial charge < -0.3 is 0 Å². The number of halogens is 1. The molecule has 0 bridgehead atoms. The average Bonchev–Trinajstić information content (AvgIpc) is 2.46. The maximum atomic E-state index is 12.1. The van der Waals surface area contributed by atoms with Crippen LogP contribution in [0.2, 0.25) is 0 Å². The third kappa shape index (κ3) is 5.12. The minimum Gasteiger partial charge on any atom is -0.208 e. The van der Waals surface area contributed by atoms with Crippen LogP contribution >= 0.6 is 15.9 Å². The fourth-order valence-electron chi connectivity index (χ4n) is 1.86. The first-order valence-electron chi connectivity index (χ1n) is 6.47. The second kappa shape index (κ2) is 7.02. The van der Waals surface area contributed by atoms with Crippen LogP contribution in [0.15, 0.2) is 64.5 Å². The molecule has 0 radical (unpaired) electrons. The highest BCUT2D eigenvalue weighted by molar-refractivity contribution is 9.10. The van der Waals surface area contributed by atoms with E-state index >= 15 is 0 Å². The number of hydrogen-bond acceptors (Lipinski definition) is 2. The maximum absolute atomic E-state index is 12.1. The van der Waals surface area contributed by atoms with E-state index in [1.54, 1.807) is 6.08 Å². The fraction of sp³-hybridized carbons (Fsp3) is 0.125. The van der Waals surface area contributed by atoms with E-state index in [-0.39, 0.29) is 6.04 Å². The number of hydrogen-bond donors (Lipinski definition) is 1. The Labute approximate surface area is 133 Å². The lowest BCUT2D eigenvalue weighted by molar-refractivity contribution is 0.576. The molecule has 1 N–H and O–H groups in total. The molecule has 0 saturated heterocycles. The number of nitrogens with one attached hydrogen (secondary N) is 1. The summed E-state index contributed by atoms with van der Waals surface area (Å²) in [4.78, 5) is 0. The normalized spacial score (nSPS) is 13.4. The van der Waals surface area contributed by atoms with Crippen LogP contribution in [0.25, 0.3) is 6.08 Å². The van der Waals surface area contributed by atoms with Gasteiger partial charge in [0.15, 0.2) is 0 Å². The Morgan fingerprint density at radius 2 is 1.81 bits per heavy atom. The van der Waals surface area contributed by atoms with E-state index in [2.05, 4.69) is 20.7 Å². The summed E-state index contributed by atoms with van der Waals surface area (Å²) in [5.41, 5.74) is 1.75. The largest absolute Gasteiger partial charge is 0.234 e. The summed E-state index contributed by atoms with van der Waals surface area (Å²) in [5, 5.41) is 1.19. The van der Waals surface area contributed by atoms with Crippen LogP contribution in [0.1, 0.15) is 24.1 Å². The molecule has 110 valence electrons. The van der Waals surface area contributed by atoms with Crippen LogP contribution in [0.4, 0.5) is 0 Å². The molecule has 0 amide bonds. The molecule has 0 aromatic heterocycles. The van der Waals surface area contributed by atoms with E-state index in [0.29, 0.717) is 0 Å². The Kier molecular flexibility index (Phi) is 5.33. The molecule has 0 aliphatic carbocycles. The van der Waals surface area contributed by atoms with Crippen molar-refractivity contribution in [2.45, 2.75) is 13.0 Å². The molecule has 3 nitrogen and oxygen atoms in total. The Bertz CT molecular complexity index is 727. The lowest BCUT2D eigenvalue weighted by Gasteiger charge is -2.13. The van der Waals surface area contributed by atoms with Crippen LogP contribution in [-0.2, 0) is 10.0 Å². The number of benzene rings is 2. The summed E-state index contributed by atoms with van der Waals surface area (Å²) in [6.45, 7) is 1.82. The summed E-state index contributed by atoms with van der Waals surface area (Å²) in [6.07, 6.45) is 1.58. The summed E-state index contributed by atoms with van der Waals surface area (Å²) in [7, 11) is -3.49. The predicted molar refractivity (Wildman–Crippen MR) is 90.1 cm³/mol. The molecule has 1 atom stereocenters. The van der Waals surface area contributed by atoms with Gasteiger partial charge in [-0.2, -0.15) is 0 Å². The van der Waals surface area contributed by atoms with Crippen molar-refractivity contribution < 1.29 is 8.42 Å². The standard InChI is InChI=1S/C16H16BrNO2S/c1-13(15-8-5-9-16(17)12-15)18-21(19,20)11-10-14-6-3-2-4-7-14/h2-13,18H,1H3. The van der Waals surface area contributed by atoms with Crippen LogP contribution in [0, 0.1) is 0 Å². The predicted octanol–water partition coefficient (Wildman–Crippen LogP) is 4.10. The van der Waals surface area contributed by atoms with Crippen molar-refractivity contribution in [2.75, 3.05) is 0 Å². The summed E-state index contributed by atoms with van der Waals surface area (Å²) in [5.74, 6) is 0. The smallest absolute Gasteiger partial charge is 0.208 e. The highest BCUT2D eigenvalue weighted by Gasteiger charge is 2.13. The molecular weight excluding hydrogens is 350 g/mol. The molecule has 0 saturated carbocycles. The van der Waals surface area contributed by atoms with E-state index < -0.39 is 10.0 Å². The van der Waals surface area contributed by atoms with Crippen LogP contribution in [-0.4, -0.2) is 8.42 Å². The van der Waals surface area contributed by atoms with E-state index in [0.717, 1.165) is 15.6 Å². The van der Waals surface area contributed by atoms with Crippen molar-refractivity contribution in [1.29, 1.82) is 0 Å². The quantitative estimate of drug-likeness (QED) is 0.866. The van der Waals surface area contributed by atoms with Gasteiger partial charge in [0.1, 0.15) is 0 Å². The topological polar surface area (TPSA) is 46.2 Å². The van der Waals surface area contributed by atoms with Crippen LogP contribution in [0.5, 0.6) is 0 Å². The Balaban J connectivity index is 2.09. The van der Waals surface area contributed by atoms with E-state index in [4.69, 9.17) is 0 Å². The second-order valence-electron chi connectivity index (χ2n) is 4.65. The molecule has 0 aliphatic rings. The van der Waals surface area contributed by atoms with Crippen molar-refractivity contribution in [2.24, 2.45) is 0 Å². The molecule has 0 heterocycles. The minimum atomic E-state index is -3.49. The molecule has 5 heteroatoms. The number of rotatable bonds is 5. The van der Waals surface area contributed by atoms with Crippen molar-refractivity contribution >= 4 is 32.0 Å². The monoisotopic (exact) mass is 365 g/mol. The van der Waals surface area contributed by atoms with Gasteiger partial charge in [-0.05, 0) is 36.3 Å². The number of sulfonamides is 1. The molecule has 0 fully saturated rings. The SMILES string of the molecule is CC(NS(=O)(=O)C=Cc1ccccc1)c1cccc(Br)c1. The molecule has 21 heavy (non-hydrogen) atoms. The Morgan fingerprint density at radius 3 is 2.48 bits per heavy atom. The molecule has 2 rings (SSSR count). The zero-order valence-corrected chi connectivity index (χ0v) is 13.9. The van der Waals surface area contributed by atoms with E-state index in [1.807, 2.05) is 61.5 Å². The summed E-state index contributed by atoms with van der Waals surface area (Å²) < 4.78 is 27.7. The van der Waals surface area contributed by atoms with Gasteiger partial charge in [-0.15, -0.1) is 0 Å². The third-order valence-corrected chi connectivity index (χ3v) is 4.60. The fourth-order valence-corrected chi connectivity index (χ4v) is 3.32. The second-order valence-corrected chi connectivity index (χ2v) is 7.17. The molecule has 0 spiro atoms. The molecule has 1 unspecified atom stereocenters. The first-order valence-corrected chi connectivity index (χ1v) is 8.81. The molecule has 2 aromatic rings. The van der Waals surface area contributed by atoms with Crippen LogP contribution in [0.3, 0.4) is 0 Å². The Morgan fingerprint density at radius 1 is 1.10 bits per heavy atom. The highest BCUT2D eigenvalue weighted by atomic mass is 79.9. The lowest BCUT2D eigenvalue weighted by atomic mass is 10.1. The van der Waals surface area contributed by atoms with Gasteiger partial charge in [0.25, 0.3) is 0 Å².